The molecule has 0 aromatic heterocycles. The van der Waals surface area contributed by atoms with Gasteiger partial charge in [-0.2, -0.15) is 13.2 Å². The van der Waals surface area contributed by atoms with Crippen LogP contribution in [0.25, 0.3) is 0 Å². The van der Waals surface area contributed by atoms with E-state index >= 15 is 0 Å². The van der Waals surface area contributed by atoms with E-state index in [1.807, 2.05) is 0 Å². The fourth-order valence-corrected chi connectivity index (χ4v) is 3.89. The van der Waals surface area contributed by atoms with E-state index in [4.69, 9.17) is 27.9 Å². The first kappa shape index (κ1) is 26.4. The Hall–Kier alpha value is -3.23. The standard InChI is InChI=1S/C25H21Cl2F3N2O3/c1-12-14(3)22(35-20-10-9-16(11-19(20)27)25(28,29)30)15(4)13(2)21(12)31-24(34)32-23(33)17-7-5-6-8-18(17)26/h5-11H,1-4H3,(H2,31,32,33,34). The highest BCUT2D eigenvalue weighted by Crippen LogP contribution is 2.41. The third-order valence-corrected chi connectivity index (χ3v) is 6.24. The Morgan fingerprint density at radius 1 is 0.857 bits per heavy atom. The van der Waals surface area contributed by atoms with E-state index in [9.17, 15) is 22.8 Å². The fraction of sp³-hybridized carbons (Fsp3) is 0.200. The Bertz CT molecular complexity index is 1300. The van der Waals surface area contributed by atoms with Gasteiger partial charge in [0.05, 0.1) is 21.2 Å². The zero-order valence-electron chi connectivity index (χ0n) is 19.2. The molecule has 10 heteroatoms. The fourth-order valence-electron chi connectivity index (χ4n) is 3.45. The highest BCUT2D eigenvalue weighted by Gasteiger charge is 2.31. The van der Waals surface area contributed by atoms with Crippen LogP contribution in [0.1, 0.15) is 38.2 Å². The molecule has 35 heavy (non-hydrogen) atoms. The number of imide groups is 1. The van der Waals surface area contributed by atoms with Crippen molar-refractivity contribution in [3.8, 4) is 11.5 Å². The summed E-state index contributed by atoms with van der Waals surface area (Å²) in [6, 6.07) is 8.43. The van der Waals surface area contributed by atoms with E-state index in [1.165, 1.54) is 12.1 Å². The smallest absolute Gasteiger partial charge is 0.416 e. The minimum Gasteiger partial charge on any atom is -0.455 e. The molecule has 0 atom stereocenters. The highest BCUT2D eigenvalue weighted by atomic mass is 35.5. The third-order valence-electron chi connectivity index (χ3n) is 5.61. The van der Waals surface area contributed by atoms with E-state index in [0.29, 0.717) is 33.7 Å². The normalized spacial score (nSPS) is 11.2. The summed E-state index contributed by atoms with van der Waals surface area (Å²) in [4.78, 5) is 24.9. The number of amides is 3. The van der Waals surface area contributed by atoms with Crippen molar-refractivity contribution in [2.75, 3.05) is 5.32 Å². The molecule has 2 N–H and O–H groups in total. The van der Waals surface area contributed by atoms with Crippen LogP contribution in [0.5, 0.6) is 11.5 Å². The number of urea groups is 1. The zero-order valence-corrected chi connectivity index (χ0v) is 20.7. The van der Waals surface area contributed by atoms with Crippen molar-refractivity contribution in [1.82, 2.24) is 5.32 Å². The van der Waals surface area contributed by atoms with Gasteiger partial charge < -0.3 is 10.1 Å². The number of nitrogens with one attached hydrogen (secondary N) is 2. The van der Waals surface area contributed by atoms with E-state index in [0.717, 1.165) is 18.2 Å². The lowest BCUT2D eigenvalue weighted by Gasteiger charge is -2.21. The van der Waals surface area contributed by atoms with Crippen molar-refractivity contribution in [1.29, 1.82) is 0 Å². The van der Waals surface area contributed by atoms with Crippen LogP contribution < -0.4 is 15.4 Å². The third kappa shape index (κ3) is 5.71. The maximum absolute atomic E-state index is 12.9. The number of rotatable bonds is 4. The van der Waals surface area contributed by atoms with E-state index < -0.39 is 23.7 Å². The summed E-state index contributed by atoms with van der Waals surface area (Å²) in [6.45, 7) is 6.98. The summed E-state index contributed by atoms with van der Waals surface area (Å²) in [5, 5.41) is 4.95. The van der Waals surface area contributed by atoms with Crippen molar-refractivity contribution >= 4 is 40.8 Å². The van der Waals surface area contributed by atoms with Crippen LogP contribution in [0.3, 0.4) is 0 Å². The largest absolute Gasteiger partial charge is 0.455 e. The number of carbonyl (C=O) groups excluding carboxylic acids is 2. The Morgan fingerprint density at radius 2 is 1.46 bits per heavy atom. The van der Waals surface area contributed by atoms with Crippen LogP contribution in [-0.4, -0.2) is 11.9 Å². The Kier molecular flexibility index (Phi) is 7.67. The summed E-state index contributed by atoms with van der Waals surface area (Å²) in [5.74, 6) is -0.193. The minimum atomic E-state index is -4.53. The maximum Gasteiger partial charge on any atom is 0.416 e. The van der Waals surface area contributed by atoms with Gasteiger partial charge in [-0.15, -0.1) is 0 Å². The molecule has 0 heterocycles. The lowest BCUT2D eigenvalue weighted by Crippen LogP contribution is -2.35. The summed E-state index contributed by atoms with van der Waals surface area (Å²) in [5.41, 5.74) is 2.30. The van der Waals surface area contributed by atoms with Gasteiger partial charge in [0.15, 0.2) is 0 Å². The van der Waals surface area contributed by atoms with Gasteiger partial charge in [-0.05, 0) is 80.3 Å². The molecule has 0 aliphatic carbocycles. The second kappa shape index (κ2) is 10.2. The molecule has 0 spiro atoms. The van der Waals surface area contributed by atoms with Crippen molar-refractivity contribution in [3.05, 3.63) is 85.9 Å². The SMILES string of the molecule is Cc1c(C)c(Oc2ccc(C(F)(F)F)cc2Cl)c(C)c(C)c1NC(=O)NC(=O)c1ccccc1Cl. The molecule has 5 nitrogen and oxygen atoms in total. The van der Waals surface area contributed by atoms with Crippen LogP contribution >= 0.6 is 23.2 Å². The molecule has 0 saturated heterocycles. The van der Waals surface area contributed by atoms with Crippen LogP contribution in [0, 0.1) is 27.7 Å². The van der Waals surface area contributed by atoms with Crippen molar-refractivity contribution in [3.63, 3.8) is 0 Å². The van der Waals surface area contributed by atoms with Gasteiger partial charge in [-0.3, -0.25) is 10.1 Å². The zero-order chi connectivity index (χ0) is 26.1. The quantitative estimate of drug-likeness (QED) is 0.363. The molecule has 184 valence electrons. The number of hydrogen-bond donors (Lipinski definition) is 2. The monoisotopic (exact) mass is 524 g/mol. The molecule has 0 fully saturated rings. The number of halogens is 5. The van der Waals surface area contributed by atoms with Gasteiger partial charge in [-0.1, -0.05) is 35.3 Å². The molecule has 3 amide bonds. The molecule has 0 saturated carbocycles. The van der Waals surface area contributed by atoms with Gasteiger partial charge in [0.2, 0.25) is 0 Å². The van der Waals surface area contributed by atoms with E-state index in [2.05, 4.69) is 10.6 Å². The Balaban J connectivity index is 1.86. The number of ether oxygens (including phenoxy) is 1. The second-order valence-corrected chi connectivity index (χ2v) is 8.65. The summed E-state index contributed by atoms with van der Waals surface area (Å²) in [7, 11) is 0. The summed E-state index contributed by atoms with van der Waals surface area (Å²) >= 11 is 12.1. The predicted molar refractivity (Wildman–Crippen MR) is 130 cm³/mol. The number of anilines is 1. The van der Waals surface area contributed by atoms with E-state index in [-0.39, 0.29) is 21.4 Å². The molecule has 3 aromatic carbocycles. The Labute approximate surface area is 210 Å². The number of benzene rings is 3. The molecule has 0 aliphatic rings. The summed E-state index contributed by atoms with van der Waals surface area (Å²) < 4.78 is 44.7. The number of alkyl halides is 3. The van der Waals surface area contributed by atoms with Gasteiger partial charge in [-0.25, -0.2) is 4.79 Å². The van der Waals surface area contributed by atoms with Crippen LogP contribution in [0.15, 0.2) is 42.5 Å². The number of hydrogen-bond acceptors (Lipinski definition) is 3. The van der Waals surface area contributed by atoms with Crippen molar-refractivity contribution in [2.45, 2.75) is 33.9 Å². The van der Waals surface area contributed by atoms with Gasteiger partial charge >= 0.3 is 12.2 Å². The molecule has 3 rings (SSSR count). The molecule has 0 aliphatic heterocycles. The molecule has 0 radical (unpaired) electrons. The average Bonchev–Trinajstić information content (AvgIpc) is 2.78. The van der Waals surface area contributed by atoms with Crippen LogP contribution in [-0.2, 0) is 6.18 Å². The Morgan fingerprint density at radius 3 is 2.00 bits per heavy atom. The van der Waals surface area contributed by atoms with Crippen LogP contribution in [0.2, 0.25) is 10.0 Å². The van der Waals surface area contributed by atoms with Gasteiger partial charge in [0.25, 0.3) is 5.91 Å². The first-order chi connectivity index (χ1) is 16.3. The van der Waals surface area contributed by atoms with Crippen molar-refractivity contribution < 1.29 is 27.5 Å². The topological polar surface area (TPSA) is 67.4 Å². The molecule has 3 aromatic rings. The predicted octanol–water partition coefficient (Wildman–Crippen LogP) is 8.00. The second-order valence-electron chi connectivity index (χ2n) is 7.84. The maximum atomic E-state index is 12.9. The van der Waals surface area contributed by atoms with E-state index in [1.54, 1.807) is 39.8 Å². The lowest BCUT2D eigenvalue weighted by atomic mass is 9.97. The summed E-state index contributed by atoms with van der Waals surface area (Å²) in [6.07, 6.45) is -4.53. The van der Waals surface area contributed by atoms with Crippen molar-refractivity contribution in [2.24, 2.45) is 0 Å². The molecule has 0 bridgehead atoms. The first-order valence-electron chi connectivity index (χ1n) is 10.3. The molecular weight excluding hydrogens is 504 g/mol. The van der Waals surface area contributed by atoms with Gasteiger partial charge in [0.1, 0.15) is 11.5 Å². The minimum absolute atomic E-state index is 0.0634. The van der Waals surface area contributed by atoms with Gasteiger partial charge in [0, 0.05) is 5.69 Å². The average molecular weight is 525 g/mol. The number of carbonyl (C=O) groups is 2. The van der Waals surface area contributed by atoms with Crippen LogP contribution in [0.4, 0.5) is 23.7 Å². The first-order valence-corrected chi connectivity index (χ1v) is 11.1. The molecular formula is C25H21Cl2F3N2O3. The lowest BCUT2D eigenvalue weighted by molar-refractivity contribution is -0.137. The highest BCUT2D eigenvalue weighted by molar-refractivity contribution is 6.34. The molecule has 0 unspecified atom stereocenters.